The molecule has 0 atom stereocenters. The molecule has 0 saturated heterocycles. The van der Waals surface area contributed by atoms with E-state index in [1.165, 1.54) is 0 Å². The van der Waals surface area contributed by atoms with Crippen LogP contribution in [0.15, 0.2) is 42.6 Å². The van der Waals surface area contributed by atoms with Gasteiger partial charge in [0.25, 0.3) is 0 Å². The molecule has 4 nitrogen and oxygen atoms in total. The molecule has 1 heterocycles. The molecule has 0 bridgehead atoms. The van der Waals surface area contributed by atoms with Crippen LogP contribution in [0.25, 0.3) is 0 Å². The van der Waals surface area contributed by atoms with Crippen LogP contribution in [-0.4, -0.2) is 10.9 Å². The Balaban J connectivity index is 1.67. The van der Waals surface area contributed by atoms with Crippen molar-refractivity contribution < 1.29 is 4.79 Å². The molecule has 1 amide bonds. The van der Waals surface area contributed by atoms with Crippen molar-refractivity contribution in [1.29, 1.82) is 0 Å². The van der Waals surface area contributed by atoms with E-state index in [1.807, 2.05) is 43.3 Å². The van der Waals surface area contributed by atoms with Gasteiger partial charge in [0.1, 0.15) is 0 Å². The van der Waals surface area contributed by atoms with Crippen molar-refractivity contribution in [1.82, 2.24) is 10.3 Å². The largest absolute Gasteiger partial charge is 0.399 e. The Morgan fingerprint density at radius 1 is 1.24 bits per heavy atom. The molecule has 3 rings (SSSR count). The number of benzene rings is 1. The number of nitrogens with zero attached hydrogens (tertiary/aromatic N) is 1. The lowest BCUT2D eigenvalue weighted by Crippen LogP contribution is -2.34. The SMILES string of the molecule is Cc1ccc(CNC(=O)C2(c3ccc(N)cc3)CC2)cn1. The first-order valence-electron chi connectivity index (χ1n) is 7.16. The highest BCUT2D eigenvalue weighted by molar-refractivity contribution is 5.91. The van der Waals surface area contributed by atoms with E-state index >= 15 is 0 Å². The Kier molecular flexibility index (Phi) is 3.37. The molecule has 0 unspecified atom stereocenters. The van der Waals surface area contributed by atoms with Crippen molar-refractivity contribution in [2.24, 2.45) is 0 Å². The highest BCUT2D eigenvalue weighted by atomic mass is 16.2. The lowest BCUT2D eigenvalue weighted by molar-refractivity contribution is -0.123. The van der Waals surface area contributed by atoms with Crippen LogP contribution in [0.2, 0.25) is 0 Å². The van der Waals surface area contributed by atoms with Crippen LogP contribution in [0.5, 0.6) is 0 Å². The van der Waals surface area contributed by atoms with Crippen LogP contribution in [0.3, 0.4) is 0 Å². The topological polar surface area (TPSA) is 68.0 Å². The van der Waals surface area contributed by atoms with E-state index in [9.17, 15) is 4.79 Å². The zero-order valence-corrected chi connectivity index (χ0v) is 12.1. The van der Waals surface area contributed by atoms with E-state index in [0.29, 0.717) is 6.54 Å². The van der Waals surface area contributed by atoms with E-state index in [0.717, 1.165) is 35.3 Å². The first-order chi connectivity index (χ1) is 10.1. The Morgan fingerprint density at radius 3 is 2.52 bits per heavy atom. The Morgan fingerprint density at radius 2 is 1.95 bits per heavy atom. The number of nitrogens with two attached hydrogens (primary N) is 1. The average molecular weight is 281 g/mol. The number of hydrogen-bond acceptors (Lipinski definition) is 3. The molecule has 3 N–H and O–H groups in total. The van der Waals surface area contributed by atoms with E-state index in [-0.39, 0.29) is 11.3 Å². The third-order valence-corrected chi connectivity index (χ3v) is 4.07. The summed E-state index contributed by atoms with van der Waals surface area (Å²) in [6.45, 7) is 2.46. The summed E-state index contributed by atoms with van der Waals surface area (Å²) in [7, 11) is 0. The quantitative estimate of drug-likeness (QED) is 0.845. The summed E-state index contributed by atoms with van der Waals surface area (Å²) in [5.74, 6) is 0.0906. The summed E-state index contributed by atoms with van der Waals surface area (Å²) in [6.07, 6.45) is 3.60. The number of nitrogens with one attached hydrogen (secondary N) is 1. The third-order valence-electron chi connectivity index (χ3n) is 4.07. The molecule has 2 aromatic rings. The summed E-state index contributed by atoms with van der Waals surface area (Å²) in [5, 5.41) is 3.02. The molecule has 1 aromatic carbocycles. The van der Waals surface area contributed by atoms with Gasteiger partial charge in [-0.3, -0.25) is 9.78 Å². The molecule has 0 spiro atoms. The average Bonchev–Trinajstić information content (AvgIpc) is 3.29. The second kappa shape index (κ2) is 5.20. The van der Waals surface area contributed by atoms with Gasteiger partial charge in [-0.2, -0.15) is 0 Å². The predicted octanol–water partition coefficient (Wildman–Crippen LogP) is 2.32. The second-order valence-corrected chi connectivity index (χ2v) is 5.69. The van der Waals surface area contributed by atoms with Gasteiger partial charge < -0.3 is 11.1 Å². The molecule has 21 heavy (non-hydrogen) atoms. The van der Waals surface area contributed by atoms with Gasteiger partial charge >= 0.3 is 0 Å². The number of aromatic nitrogens is 1. The zero-order chi connectivity index (χ0) is 14.9. The van der Waals surface area contributed by atoms with Crippen LogP contribution >= 0.6 is 0 Å². The summed E-state index contributed by atoms with van der Waals surface area (Å²) in [4.78, 5) is 16.7. The minimum absolute atomic E-state index is 0.0906. The van der Waals surface area contributed by atoms with Crippen molar-refractivity contribution in [3.63, 3.8) is 0 Å². The van der Waals surface area contributed by atoms with E-state index < -0.39 is 0 Å². The first kappa shape index (κ1) is 13.6. The number of carbonyl (C=O) groups is 1. The van der Waals surface area contributed by atoms with Gasteiger partial charge in [-0.25, -0.2) is 0 Å². The standard InChI is InChI=1S/C17H19N3O/c1-12-2-3-13(10-19-12)11-20-16(21)17(8-9-17)14-4-6-15(18)7-5-14/h2-7,10H,8-9,11,18H2,1H3,(H,20,21). The highest BCUT2D eigenvalue weighted by Crippen LogP contribution is 2.48. The Labute approximate surface area is 124 Å². The highest BCUT2D eigenvalue weighted by Gasteiger charge is 2.50. The van der Waals surface area contributed by atoms with Gasteiger partial charge in [0, 0.05) is 24.1 Å². The molecule has 1 saturated carbocycles. The molecule has 0 radical (unpaired) electrons. The Bertz CT molecular complexity index is 643. The van der Waals surface area contributed by atoms with Crippen LogP contribution in [0, 0.1) is 6.92 Å². The Hall–Kier alpha value is -2.36. The molecule has 0 aliphatic heterocycles. The minimum atomic E-state index is -0.355. The van der Waals surface area contributed by atoms with E-state index in [1.54, 1.807) is 6.20 Å². The fourth-order valence-corrected chi connectivity index (χ4v) is 2.53. The van der Waals surface area contributed by atoms with Crippen molar-refractivity contribution in [3.8, 4) is 0 Å². The molecule has 1 fully saturated rings. The molecule has 108 valence electrons. The van der Waals surface area contributed by atoms with Crippen LogP contribution in [0.1, 0.15) is 29.7 Å². The minimum Gasteiger partial charge on any atom is -0.399 e. The number of carbonyl (C=O) groups excluding carboxylic acids is 1. The molecule has 1 aromatic heterocycles. The number of hydrogen-bond donors (Lipinski definition) is 2. The monoisotopic (exact) mass is 281 g/mol. The fraction of sp³-hybridized carbons (Fsp3) is 0.294. The smallest absolute Gasteiger partial charge is 0.230 e. The van der Waals surface area contributed by atoms with Gasteiger partial charge in [0.05, 0.1) is 5.41 Å². The summed E-state index contributed by atoms with van der Waals surface area (Å²) in [5.41, 5.74) is 9.12. The molecule has 1 aliphatic rings. The van der Waals surface area contributed by atoms with Crippen molar-refractivity contribution in [2.45, 2.75) is 31.7 Å². The van der Waals surface area contributed by atoms with Gasteiger partial charge in [0.15, 0.2) is 0 Å². The summed E-state index contributed by atoms with van der Waals surface area (Å²) >= 11 is 0. The fourth-order valence-electron chi connectivity index (χ4n) is 2.53. The lowest BCUT2D eigenvalue weighted by atomic mass is 9.94. The van der Waals surface area contributed by atoms with Gasteiger partial charge in [-0.1, -0.05) is 18.2 Å². The number of anilines is 1. The zero-order valence-electron chi connectivity index (χ0n) is 12.1. The molecule has 1 aliphatic carbocycles. The van der Waals surface area contributed by atoms with Crippen LogP contribution in [0.4, 0.5) is 5.69 Å². The van der Waals surface area contributed by atoms with Crippen molar-refractivity contribution >= 4 is 11.6 Å². The predicted molar refractivity (Wildman–Crippen MR) is 82.6 cm³/mol. The molecular weight excluding hydrogens is 262 g/mol. The normalized spacial score (nSPS) is 15.5. The van der Waals surface area contributed by atoms with Crippen molar-refractivity contribution in [2.75, 3.05) is 5.73 Å². The van der Waals surface area contributed by atoms with E-state index in [4.69, 9.17) is 5.73 Å². The van der Waals surface area contributed by atoms with E-state index in [2.05, 4.69) is 10.3 Å². The second-order valence-electron chi connectivity index (χ2n) is 5.69. The lowest BCUT2D eigenvalue weighted by Gasteiger charge is -2.16. The summed E-state index contributed by atoms with van der Waals surface area (Å²) in [6, 6.07) is 11.6. The van der Waals surface area contributed by atoms with Crippen LogP contribution < -0.4 is 11.1 Å². The van der Waals surface area contributed by atoms with Gasteiger partial charge in [-0.15, -0.1) is 0 Å². The number of rotatable bonds is 4. The maximum Gasteiger partial charge on any atom is 0.230 e. The summed E-state index contributed by atoms with van der Waals surface area (Å²) < 4.78 is 0. The maximum atomic E-state index is 12.5. The third kappa shape index (κ3) is 2.75. The van der Waals surface area contributed by atoms with Crippen molar-refractivity contribution in [3.05, 3.63) is 59.4 Å². The molecular formula is C17H19N3O. The van der Waals surface area contributed by atoms with Gasteiger partial charge in [0.2, 0.25) is 5.91 Å². The number of pyridine rings is 1. The maximum absolute atomic E-state index is 12.5. The molecule has 4 heteroatoms. The van der Waals surface area contributed by atoms with Gasteiger partial charge in [-0.05, 0) is 49.1 Å². The number of nitrogen functional groups attached to an aromatic ring is 1. The van der Waals surface area contributed by atoms with Crippen LogP contribution in [-0.2, 0) is 16.8 Å². The first-order valence-corrected chi connectivity index (χ1v) is 7.16. The number of amides is 1. The number of aryl methyl sites for hydroxylation is 1.